The molecule has 1 aromatic heterocycles. The number of esters is 3. The van der Waals surface area contributed by atoms with Crippen molar-refractivity contribution in [3.05, 3.63) is 47.7 Å². The van der Waals surface area contributed by atoms with E-state index in [4.69, 9.17) is 18.9 Å². The van der Waals surface area contributed by atoms with E-state index < -0.39 is 94.3 Å². The normalized spacial score (nSPS) is 14.4. The Morgan fingerprint density at radius 3 is 1.80 bits per heavy atom. The van der Waals surface area contributed by atoms with Gasteiger partial charge in [-0.3, -0.25) is 28.9 Å². The highest BCUT2D eigenvalue weighted by atomic mass is 16.6. The number of aryl methyl sites for hydroxylation is 1. The molecule has 1 aromatic carbocycles. The number of nitrogens with zero attached hydrogens (tertiary/aromatic N) is 3. The summed E-state index contributed by atoms with van der Waals surface area (Å²) in [6.07, 6.45) is 2.11. The van der Waals surface area contributed by atoms with Crippen molar-refractivity contribution in [3.8, 4) is 0 Å². The van der Waals surface area contributed by atoms with Gasteiger partial charge in [0.15, 0.2) is 0 Å². The van der Waals surface area contributed by atoms with E-state index in [2.05, 4.69) is 16.0 Å². The molecule has 5 atom stereocenters. The van der Waals surface area contributed by atoms with Crippen LogP contribution in [0.25, 0.3) is 10.9 Å². The average molecular weight is 969 g/mol. The van der Waals surface area contributed by atoms with Crippen LogP contribution in [0.1, 0.15) is 128 Å². The standard InChI is InChI=1S/C51H80N6O12/c1-18-66-40(59)28-26-35(46(63)67-19-2)52-39(58)27-25-36(47(64)68-20-3)53-43(60)32(6)29-38(31(4)5)56(16)45(62)41(49(7,8)9)54-44(61)42(57(17)48(65)69-50(10,11)12)51(13,14)34-30-55(15)37-24-22-21-23-33(34)37/h21-24,29-31,35-36,38,41-42H,18-20,25-28H2,1-17H3,(H,52,58)(H,53,60)(H,54,61)/b32-29+/t35-,36-,38-,41-,42-/m1/s1. The van der Waals surface area contributed by atoms with Crippen LogP contribution in [0.3, 0.4) is 0 Å². The number of rotatable bonds is 23. The molecule has 3 N–H and O–H groups in total. The number of hydrogen-bond donors (Lipinski definition) is 3. The van der Waals surface area contributed by atoms with Crippen molar-refractivity contribution < 1.29 is 57.3 Å². The molecule has 0 radical (unpaired) electrons. The molecule has 5 amide bonds. The Hall–Kier alpha value is -5.94. The molecule has 0 saturated heterocycles. The predicted molar refractivity (Wildman–Crippen MR) is 262 cm³/mol. The maximum absolute atomic E-state index is 15.0. The Balaban J connectivity index is 2.46. The first-order valence-corrected chi connectivity index (χ1v) is 23.8. The number of benzene rings is 1. The van der Waals surface area contributed by atoms with E-state index in [1.165, 1.54) is 23.8 Å². The zero-order valence-electron chi connectivity index (χ0n) is 44.1. The Kier molecular flexibility index (Phi) is 22.0. The van der Waals surface area contributed by atoms with E-state index >= 15 is 0 Å². The van der Waals surface area contributed by atoms with Gasteiger partial charge in [-0.15, -0.1) is 0 Å². The van der Waals surface area contributed by atoms with Crippen molar-refractivity contribution in [2.45, 2.75) is 164 Å². The quantitative estimate of drug-likeness (QED) is 0.0677. The van der Waals surface area contributed by atoms with E-state index in [9.17, 15) is 38.4 Å². The fourth-order valence-electron chi connectivity index (χ4n) is 8.03. The minimum atomic E-state index is -1.27. The first-order valence-electron chi connectivity index (χ1n) is 23.8. The van der Waals surface area contributed by atoms with Gasteiger partial charge in [0.1, 0.15) is 29.8 Å². The molecule has 0 fully saturated rings. The number of likely N-dealkylation sites (N-methyl/N-ethyl adjacent to an activating group) is 2. The number of amides is 5. The topological polar surface area (TPSA) is 221 Å². The number of ether oxygens (including phenoxy) is 4. The lowest BCUT2D eigenvalue weighted by Gasteiger charge is -2.42. The highest BCUT2D eigenvalue weighted by Gasteiger charge is 2.47. The second-order valence-electron chi connectivity index (χ2n) is 20.3. The van der Waals surface area contributed by atoms with Gasteiger partial charge in [0.05, 0.1) is 25.9 Å². The molecule has 0 spiro atoms. The van der Waals surface area contributed by atoms with Crippen LogP contribution in [0.4, 0.5) is 4.79 Å². The smallest absolute Gasteiger partial charge is 0.410 e. The van der Waals surface area contributed by atoms with Crippen molar-refractivity contribution in [2.75, 3.05) is 33.9 Å². The third-order valence-electron chi connectivity index (χ3n) is 11.6. The monoisotopic (exact) mass is 969 g/mol. The fourth-order valence-corrected chi connectivity index (χ4v) is 8.03. The molecule has 2 rings (SSSR count). The van der Waals surface area contributed by atoms with Gasteiger partial charge < -0.3 is 44.4 Å². The Bertz CT molecular complexity index is 2160. The van der Waals surface area contributed by atoms with Gasteiger partial charge in [0.25, 0.3) is 0 Å². The first-order chi connectivity index (χ1) is 31.9. The zero-order valence-corrected chi connectivity index (χ0v) is 44.1. The summed E-state index contributed by atoms with van der Waals surface area (Å²) in [7, 11) is 5.01. The molecule has 0 bridgehead atoms. The largest absolute Gasteiger partial charge is 0.466 e. The van der Waals surface area contributed by atoms with Gasteiger partial charge in [0, 0.05) is 62.1 Å². The summed E-state index contributed by atoms with van der Waals surface area (Å²) in [4.78, 5) is 111. The summed E-state index contributed by atoms with van der Waals surface area (Å²) < 4.78 is 23.0. The molecule has 0 saturated carbocycles. The van der Waals surface area contributed by atoms with E-state index in [1.54, 1.807) is 54.7 Å². The van der Waals surface area contributed by atoms with Gasteiger partial charge in [0.2, 0.25) is 23.6 Å². The van der Waals surface area contributed by atoms with Crippen molar-refractivity contribution in [2.24, 2.45) is 18.4 Å². The molecule has 0 aliphatic carbocycles. The molecule has 0 aliphatic heterocycles. The minimum Gasteiger partial charge on any atom is -0.466 e. The minimum absolute atomic E-state index is 0.00246. The Morgan fingerprint density at radius 1 is 0.739 bits per heavy atom. The molecule has 18 nitrogen and oxygen atoms in total. The third kappa shape index (κ3) is 16.9. The van der Waals surface area contributed by atoms with Gasteiger partial charge in [-0.1, -0.05) is 72.7 Å². The molecule has 0 aliphatic rings. The fraction of sp³-hybridized carbons (Fsp3) is 0.647. The lowest BCUT2D eigenvalue weighted by molar-refractivity contribution is -0.149. The molecule has 386 valence electrons. The number of aromatic nitrogens is 1. The van der Waals surface area contributed by atoms with Crippen molar-refractivity contribution in [3.63, 3.8) is 0 Å². The molecule has 18 heteroatoms. The molecular weight excluding hydrogens is 889 g/mol. The summed E-state index contributed by atoms with van der Waals surface area (Å²) in [5, 5.41) is 9.15. The Labute approximate surface area is 408 Å². The van der Waals surface area contributed by atoms with Crippen LogP contribution in [-0.4, -0.2) is 132 Å². The van der Waals surface area contributed by atoms with Crippen LogP contribution in [0.2, 0.25) is 0 Å². The van der Waals surface area contributed by atoms with Crippen LogP contribution >= 0.6 is 0 Å². The second kappa shape index (κ2) is 25.6. The first kappa shape index (κ1) is 59.2. The van der Waals surface area contributed by atoms with E-state index in [0.29, 0.717) is 0 Å². The van der Waals surface area contributed by atoms with Gasteiger partial charge in [-0.2, -0.15) is 0 Å². The van der Waals surface area contributed by atoms with Crippen LogP contribution < -0.4 is 16.0 Å². The maximum atomic E-state index is 15.0. The molecular formula is C51H80N6O12. The summed E-state index contributed by atoms with van der Waals surface area (Å²) in [6, 6.07) is 2.38. The lowest BCUT2D eigenvalue weighted by Crippen LogP contribution is -2.63. The number of nitrogens with one attached hydrogen (secondary N) is 3. The Morgan fingerprint density at radius 2 is 1.28 bits per heavy atom. The van der Waals surface area contributed by atoms with Crippen molar-refractivity contribution >= 4 is 58.5 Å². The van der Waals surface area contributed by atoms with Crippen LogP contribution in [0.15, 0.2) is 42.1 Å². The summed E-state index contributed by atoms with van der Waals surface area (Å²) in [5.41, 5.74) is -0.842. The third-order valence-corrected chi connectivity index (χ3v) is 11.6. The number of para-hydroxylation sites is 1. The number of carbonyl (C=O) groups is 8. The second-order valence-corrected chi connectivity index (χ2v) is 20.3. The van der Waals surface area contributed by atoms with E-state index in [1.807, 2.05) is 90.5 Å². The predicted octanol–water partition coefficient (Wildman–Crippen LogP) is 5.87. The maximum Gasteiger partial charge on any atom is 0.410 e. The number of fused-ring (bicyclic) bond motifs is 1. The zero-order chi connectivity index (χ0) is 52.8. The van der Waals surface area contributed by atoms with E-state index in [0.717, 1.165) is 16.5 Å². The molecule has 2 aromatic rings. The van der Waals surface area contributed by atoms with Crippen molar-refractivity contribution in [1.82, 2.24) is 30.3 Å². The highest BCUT2D eigenvalue weighted by Crippen LogP contribution is 2.37. The van der Waals surface area contributed by atoms with Gasteiger partial charge in [-0.05, 0) is 84.3 Å². The van der Waals surface area contributed by atoms with Crippen LogP contribution in [-0.2, 0) is 65.0 Å². The van der Waals surface area contributed by atoms with Gasteiger partial charge >= 0.3 is 24.0 Å². The van der Waals surface area contributed by atoms with E-state index in [-0.39, 0.29) is 57.0 Å². The highest BCUT2D eigenvalue weighted by molar-refractivity contribution is 5.97. The SMILES string of the molecule is CCOC(=O)CC[C@@H](NC(=O)CC[C@@H](NC(=O)/C(C)=C/[C@H](C(C)C)N(C)C(=O)[C@@H](NC(=O)[C@@H](N(C)C(=O)OC(C)(C)C)C(C)(C)c1cn(C)c2ccccc12)C(C)(C)C)C(=O)OCC)C(=O)OCC. The summed E-state index contributed by atoms with van der Waals surface area (Å²) in [5.74, 6) is -4.66. The number of carbonyl (C=O) groups excluding carboxylic acids is 8. The average Bonchev–Trinajstić information content (AvgIpc) is 3.60. The number of hydrogen-bond acceptors (Lipinski definition) is 12. The molecule has 69 heavy (non-hydrogen) atoms. The molecule has 1 heterocycles. The summed E-state index contributed by atoms with van der Waals surface area (Å²) >= 11 is 0. The lowest BCUT2D eigenvalue weighted by atomic mass is 9.76. The van der Waals surface area contributed by atoms with Gasteiger partial charge in [-0.25, -0.2) is 14.4 Å². The summed E-state index contributed by atoms with van der Waals surface area (Å²) in [6.45, 7) is 24.8. The van der Waals surface area contributed by atoms with Crippen molar-refractivity contribution in [1.29, 1.82) is 0 Å². The van der Waals surface area contributed by atoms with Crippen LogP contribution in [0.5, 0.6) is 0 Å². The molecule has 0 unspecified atom stereocenters. The van der Waals surface area contributed by atoms with Crippen LogP contribution in [0, 0.1) is 11.3 Å².